The summed E-state index contributed by atoms with van der Waals surface area (Å²) in [4.78, 5) is 27.1. The molecule has 0 saturated carbocycles. The van der Waals surface area contributed by atoms with Gasteiger partial charge in [0.2, 0.25) is 5.91 Å². The van der Waals surface area contributed by atoms with Crippen LogP contribution in [0.5, 0.6) is 0 Å². The van der Waals surface area contributed by atoms with Crippen LogP contribution in [0.1, 0.15) is 16.5 Å². The summed E-state index contributed by atoms with van der Waals surface area (Å²) in [6.45, 7) is 2.47. The van der Waals surface area contributed by atoms with Gasteiger partial charge in [-0.1, -0.05) is 18.2 Å². The number of carbonyl (C=O) groups excluding carboxylic acids is 2. The number of amides is 3. The van der Waals surface area contributed by atoms with Crippen LogP contribution in [0.15, 0.2) is 41.8 Å². The standard InChI is InChI=1S/C18H21FN4O2S/c19-14-4-1-3-13(9-14)16-11-20-6-7-23(16)12-17(24)22-18(25)21-10-15-5-2-8-26-15/h1-5,8-9,16,20H,6-7,10-12H2,(H2,21,22,24,25). The lowest BCUT2D eigenvalue weighted by Gasteiger charge is -2.35. The molecule has 1 aliphatic rings. The van der Waals surface area contributed by atoms with E-state index in [1.54, 1.807) is 6.07 Å². The molecule has 3 N–H and O–H groups in total. The molecular formula is C18H21FN4O2S. The van der Waals surface area contributed by atoms with E-state index in [0.717, 1.165) is 17.0 Å². The smallest absolute Gasteiger partial charge is 0.321 e. The number of urea groups is 1. The van der Waals surface area contributed by atoms with Gasteiger partial charge in [-0.25, -0.2) is 9.18 Å². The summed E-state index contributed by atoms with van der Waals surface area (Å²) in [6, 6.07) is 9.58. The SMILES string of the molecule is O=C(CN1CCNCC1c1cccc(F)c1)NC(=O)NCc1cccs1. The number of nitrogens with one attached hydrogen (secondary N) is 3. The maximum atomic E-state index is 13.5. The van der Waals surface area contributed by atoms with Crippen molar-refractivity contribution in [1.82, 2.24) is 20.9 Å². The number of piperazine rings is 1. The van der Waals surface area contributed by atoms with E-state index in [1.807, 2.05) is 28.5 Å². The van der Waals surface area contributed by atoms with Crippen molar-refractivity contribution < 1.29 is 14.0 Å². The molecule has 1 fully saturated rings. The Hall–Kier alpha value is -2.29. The van der Waals surface area contributed by atoms with E-state index >= 15 is 0 Å². The van der Waals surface area contributed by atoms with E-state index in [4.69, 9.17) is 0 Å². The van der Waals surface area contributed by atoms with Gasteiger partial charge < -0.3 is 10.6 Å². The molecule has 1 aromatic heterocycles. The maximum Gasteiger partial charge on any atom is 0.321 e. The lowest BCUT2D eigenvalue weighted by atomic mass is 10.0. The highest BCUT2D eigenvalue weighted by Crippen LogP contribution is 2.22. The van der Waals surface area contributed by atoms with E-state index < -0.39 is 6.03 Å². The Kier molecular flexibility index (Phi) is 6.32. The zero-order chi connectivity index (χ0) is 18.4. The monoisotopic (exact) mass is 376 g/mol. The highest BCUT2D eigenvalue weighted by atomic mass is 32.1. The molecule has 0 radical (unpaired) electrons. The van der Waals surface area contributed by atoms with Crippen LogP contribution in [0.2, 0.25) is 0 Å². The number of nitrogens with zero attached hydrogens (tertiary/aromatic N) is 1. The molecule has 1 atom stereocenters. The van der Waals surface area contributed by atoms with E-state index in [1.165, 1.54) is 23.5 Å². The van der Waals surface area contributed by atoms with Gasteiger partial charge >= 0.3 is 6.03 Å². The minimum Gasteiger partial charge on any atom is -0.333 e. The summed E-state index contributed by atoms with van der Waals surface area (Å²) in [5.74, 6) is -0.678. The van der Waals surface area contributed by atoms with Crippen LogP contribution in [0, 0.1) is 5.82 Å². The minimum atomic E-state index is -0.513. The average Bonchev–Trinajstić information content (AvgIpc) is 3.14. The van der Waals surface area contributed by atoms with Crippen molar-refractivity contribution in [3.05, 3.63) is 58.0 Å². The van der Waals surface area contributed by atoms with Gasteiger partial charge in [0.05, 0.1) is 13.1 Å². The Bertz CT molecular complexity index is 753. The highest BCUT2D eigenvalue weighted by Gasteiger charge is 2.26. The van der Waals surface area contributed by atoms with Crippen molar-refractivity contribution in [2.24, 2.45) is 0 Å². The molecule has 1 aliphatic heterocycles. The molecule has 8 heteroatoms. The van der Waals surface area contributed by atoms with E-state index in [9.17, 15) is 14.0 Å². The van der Waals surface area contributed by atoms with Crippen molar-refractivity contribution in [1.29, 1.82) is 0 Å². The number of hydrogen-bond donors (Lipinski definition) is 3. The Morgan fingerprint density at radius 3 is 2.96 bits per heavy atom. The highest BCUT2D eigenvalue weighted by molar-refractivity contribution is 7.09. The van der Waals surface area contributed by atoms with Gasteiger partial charge in [-0.15, -0.1) is 11.3 Å². The Labute approximate surface area is 155 Å². The molecule has 1 unspecified atom stereocenters. The number of rotatable bonds is 5. The minimum absolute atomic E-state index is 0.0787. The fourth-order valence-corrected chi connectivity index (χ4v) is 3.60. The second kappa shape index (κ2) is 8.88. The molecule has 1 saturated heterocycles. The zero-order valence-electron chi connectivity index (χ0n) is 14.2. The van der Waals surface area contributed by atoms with Gasteiger partial charge in [0, 0.05) is 30.6 Å². The van der Waals surface area contributed by atoms with Gasteiger partial charge in [0.25, 0.3) is 0 Å². The molecule has 26 heavy (non-hydrogen) atoms. The largest absolute Gasteiger partial charge is 0.333 e. The van der Waals surface area contributed by atoms with Crippen molar-refractivity contribution in [3.63, 3.8) is 0 Å². The molecule has 0 aliphatic carbocycles. The first-order valence-electron chi connectivity index (χ1n) is 8.42. The van der Waals surface area contributed by atoms with Crippen LogP contribution in [0.4, 0.5) is 9.18 Å². The topological polar surface area (TPSA) is 73.5 Å². The summed E-state index contributed by atoms with van der Waals surface area (Å²) in [7, 11) is 0. The van der Waals surface area contributed by atoms with Crippen molar-refractivity contribution >= 4 is 23.3 Å². The van der Waals surface area contributed by atoms with Crippen LogP contribution in [-0.4, -0.2) is 43.0 Å². The van der Waals surface area contributed by atoms with Gasteiger partial charge in [-0.2, -0.15) is 0 Å². The van der Waals surface area contributed by atoms with Crippen LogP contribution in [-0.2, 0) is 11.3 Å². The van der Waals surface area contributed by atoms with E-state index in [0.29, 0.717) is 19.6 Å². The molecule has 3 amide bonds. The first-order chi connectivity index (χ1) is 12.6. The third kappa shape index (κ3) is 5.10. The molecule has 3 rings (SSSR count). The second-order valence-electron chi connectivity index (χ2n) is 6.06. The van der Waals surface area contributed by atoms with Crippen LogP contribution in [0.25, 0.3) is 0 Å². The molecular weight excluding hydrogens is 355 g/mol. The van der Waals surface area contributed by atoms with E-state index in [2.05, 4.69) is 16.0 Å². The summed E-state index contributed by atoms with van der Waals surface area (Å²) in [5.41, 5.74) is 0.812. The Balaban J connectivity index is 1.53. The van der Waals surface area contributed by atoms with E-state index in [-0.39, 0.29) is 24.3 Å². The third-order valence-corrected chi connectivity index (χ3v) is 5.07. The van der Waals surface area contributed by atoms with Crippen molar-refractivity contribution in [2.45, 2.75) is 12.6 Å². The number of hydrogen-bond acceptors (Lipinski definition) is 5. The lowest BCUT2D eigenvalue weighted by molar-refractivity contribution is -0.122. The second-order valence-corrected chi connectivity index (χ2v) is 7.09. The number of halogens is 1. The quantitative estimate of drug-likeness (QED) is 0.745. The number of carbonyl (C=O) groups is 2. The molecule has 2 aromatic rings. The molecule has 1 aromatic carbocycles. The number of thiophene rings is 1. The summed E-state index contributed by atoms with van der Waals surface area (Å²) < 4.78 is 13.5. The predicted molar refractivity (Wildman–Crippen MR) is 98.3 cm³/mol. The number of benzene rings is 1. The van der Waals surface area contributed by atoms with Crippen LogP contribution < -0.4 is 16.0 Å². The van der Waals surface area contributed by atoms with Gasteiger partial charge in [-0.3, -0.25) is 15.0 Å². The fraction of sp³-hybridized carbons (Fsp3) is 0.333. The van der Waals surface area contributed by atoms with Crippen LogP contribution in [0.3, 0.4) is 0 Å². The van der Waals surface area contributed by atoms with Crippen LogP contribution >= 0.6 is 11.3 Å². The average molecular weight is 376 g/mol. The third-order valence-electron chi connectivity index (χ3n) is 4.19. The lowest BCUT2D eigenvalue weighted by Crippen LogP contribution is -2.51. The maximum absolute atomic E-state index is 13.5. The Morgan fingerprint density at radius 1 is 1.31 bits per heavy atom. The molecule has 2 heterocycles. The molecule has 0 bridgehead atoms. The first kappa shape index (κ1) is 18.5. The van der Waals surface area contributed by atoms with Gasteiger partial charge in [0.15, 0.2) is 0 Å². The molecule has 6 nitrogen and oxygen atoms in total. The fourth-order valence-electron chi connectivity index (χ4n) is 2.95. The van der Waals surface area contributed by atoms with Gasteiger partial charge in [-0.05, 0) is 29.1 Å². The molecule has 0 spiro atoms. The van der Waals surface area contributed by atoms with Crippen molar-refractivity contribution in [3.8, 4) is 0 Å². The summed E-state index contributed by atoms with van der Waals surface area (Å²) >= 11 is 1.54. The normalized spacial score (nSPS) is 17.7. The predicted octanol–water partition coefficient (Wildman–Crippen LogP) is 1.86. The number of imide groups is 1. The zero-order valence-corrected chi connectivity index (χ0v) is 15.0. The summed E-state index contributed by atoms with van der Waals surface area (Å²) in [5, 5.41) is 10.2. The summed E-state index contributed by atoms with van der Waals surface area (Å²) in [6.07, 6.45) is 0. The van der Waals surface area contributed by atoms with Crippen molar-refractivity contribution in [2.75, 3.05) is 26.2 Å². The first-order valence-corrected chi connectivity index (χ1v) is 9.30. The molecule has 138 valence electrons. The Morgan fingerprint density at radius 2 is 2.19 bits per heavy atom. The van der Waals surface area contributed by atoms with Gasteiger partial charge in [0.1, 0.15) is 5.82 Å².